The van der Waals surface area contributed by atoms with Crippen LogP contribution in [-0.2, 0) is 41.7 Å². The average Bonchev–Trinajstić information content (AvgIpc) is 0.819. The second-order valence-corrected chi connectivity index (χ2v) is 29.2. The van der Waals surface area contributed by atoms with Crippen LogP contribution in [0.5, 0.6) is 0 Å². The van der Waals surface area contributed by atoms with E-state index in [1.54, 1.807) is 58.5 Å². The van der Waals surface area contributed by atoms with Gasteiger partial charge in [0.25, 0.3) is 0 Å². The third-order valence-corrected chi connectivity index (χ3v) is 21.2. The first kappa shape index (κ1) is 82.4. The molecule has 0 aliphatic carbocycles. The molecule has 14 rings (SSSR count). The van der Waals surface area contributed by atoms with Crippen LogP contribution < -0.4 is 21.3 Å². The number of anilines is 4. The number of nitrogens with one attached hydrogen (secondary N) is 4. The second-order valence-electron chi connectivity index (χ2n) is 29.2. The second kappa shape index (κ2) is 37.6. The van der Waals surface area contributed by atoms with E-state index in [1.165, 1.54) is 34.4 Å². The maximum absolute atomic E-state index is 15.4. The predicted octanol–water partition coefficient (Wildman–Crippen LogP) is 20.5. The average molecular weight is 1540 g/mol. The number of nitrogens with zero attached hydrogens (tertiary/aromatic N) is 9. The lowest BCUT2D eigenvalue weighted by Crippen LogP contribution is -2.45. The number of likely N-dealkylation sites (tertiary alicyclic amines) is 4. The number of piperidine rings is 4. The number of urea groups is 4. The molecule has 9 heterocycles. The molecule has 0 unspecified atom stereocenters. The summed E-state index contributed by atoms with van der Waals surface area (Å²) >= 11 is 0. The molecule has 0 bridgehead atoms. The zero-order valence-corrected chi connectivity index (χ0v) is 64.3. The van der Waals surface area contributed by atoms with Crippen molar-refractivity contribution in [1.82, 2.24) is 44.5 Å². The fraction of sp³-hybridized carbons (Fsp3) is 0.337. The van der Waals surface area contributed by atoms with Gasteiger partial charge in [-0.15, -0.1) is 0 Å². The summed E-state index contributed by atoms with van der Waals surface area (Å²) in [7, 11) is 0. The summed E-state index contributed by atoms with van der Waals surface area (Å²) in [5.74, 6) is 0.00524. The Balaban J connectivity index is 0.000000149. The Bertz CT molecular complexity index is 4760. The number of aryl methyl sites for hydroxylation is 5. The van der Waals surface area contributed by atoms with E-state index in [0.29, 0.717) is 68.2 Å². The lowest BCUT2D eigenvalue weighted by Gasteiger charge is -2.36. The van der Waals surface area contributed by atoms with E-state index in [9.17, 15) is 32.3 Å². The smallest absolute Gasteiger partial charge is 0.324 e. The number of aromatic nitrogens is 5. The molecule has 4 saturated heterocycles. The van der Waals surface area contributed by atoms with E-state index in [-0.39, 0.29) is 88.4 Å². The number of amides is 8. The quantitative estimate of drug-likeness (QED) is 0.0767. The molecule has 4 aliphatic rings. The first-order valence-electron chi connectivity index (χ1n) is 38.4. The molecule has 590 valence electrons. The molecular weight excluding hydrogens is 1450 g/mol. The Hall–Kier alpha value is -11.6. The highest BCUT2D eigenvalue weighted by molar-refractivity contribution is 5.91. The van der Waals surface area contributed by atoms with E-state index in [2.05, 4.69) is 77.4 Å². The third kappa shape index (κ3) is 22.0. The molecule has 5 aromatic heterocycles. The molecule has 10 aromatic rings. The van der Waals surface area contributed by atoms with Gasteiger partial charge >= 0.3 is 30.3 Å². The molecule has 0 radical (unpaired) electrons. The van der Waals surface area contributed by atoms with Gasteiger partial charge in [0.15, 0.2) is 22.7 Å². The summed E-state index contributed by atoms with van der Waals surface area (Å²) in [5.41, 5.74) is 6.50. The number of rotatable bonds is 14. The van der Waals surface area contributed by atoms with Crippen LogP contribution in [0.25, 0.3) is 11.1 Å². The van der Waals surface area contributed by atoms with Gasteiger partial charge in [0.2, 0.25) is 0 Å². The maximum atomic E-state index is 15.4. The van der Waals surface area contributed by atoms with E-state index in [1.807, 2.05) is 166 Å². The van der Waals surface area contributed by atoms with Gasteiger partial charge in [0.1, 0.15) is 5.82 Å². The van der Waals surface area contributed by atoms with Crippen molar-refractivity contribution in [3.63, 3.8) is 0 Å². The number of carbonyl (C=O) groups excluding carboxylic acids is 4. The molecule has 0 spiro atoms. The summed E-state index contributed by atoms with van der Waals surface area (Å²) in [6, 6.07) is 59.4. The van der Waals surface area contributed by atoms with E-state index < -0.39 is 40.4 Å². The van der Waals surface area contributed by atoms with Gasteiger partial charge in [0, 0.05) is 152 Å². The Morgan fingerprint density at radius 1 is 0.363 bits per heavy atom. The van der Waals surface area contributed by atoms with Crippen LogP contribution in [0.1, 0.15) is 138 Å². The lowest BCUT2D eigenvalue weighted by atomic mass is 9.87. The van der Waals surface area contributed by atoms with Gasteiger partial charge in [-0.25, -0.2) is 41.7 Å². The highest BCUT2D eigenvalue weighted by Gasteiger charge is 2.44. The van der Waals surface area contributed by atoms with E-state index in [4.69, 9.17) is 0 Å². The fourth-order valence-electron chi connectivity index (χ4n) is 14.5. The van der Waals surface area contributed by atoms with Gasteiger partial charge in [0.05, 0.1) is 28.3 Å². The van der Waals surface area contributed by atoms with Crippen molar-refractivity contribution in [3.05, 3.63) is 292 Å². The Labute approximate surface area is 655 Å². The van der Waals surface area contributed by atoms with Gasteiger partial charge < -0.3 is 35.6 Å². The minimum Gasteiger partial charge on any atom is -0.324 e. The van der Waals surface area contributed by atoms with Gasteiger partial charge in [-0.05, 0) is 170 Å². The van der Waals surface area contributed by atoms with Crippen molar-refractivity contribution < 1.29 is 49.9 Å². The number of hydrogen-bond acceptors (Lipinski definition) is 9. The third-order valence-electron chi connectivity index (χ3n) is 21.2. The van der Waals surface area contributed by atoms with Crippen molar-refractivity contribution >= 4 is 47.0 Å². The van der Waals surface area contributed by atoms with E-state index >= 15 is 17.6 Å². The molecule has 113 heavy (non-hydrogen) atoms. The Morgan fingerprint density at radius 2 is 0.673 bits per heavy atom. The summed E-state index contributed by atoms with van der Waals surface area (Å²) < 4.78 is 99.1. The van der Waals surface area contributed by atoms with Crippen LogP contribution in [0.4, 0.5) is 72.8 Å². The zero-order chi connectivity index (χ0) is 80.2. The van der Waals surface area contributed by atoms with Crippen molar-refractivity contribution in [2.75, 3.05) is 73.6 Å². The van der Waals surface area contributed by atoms with Crippen LogP contribution in [0.3, 0.4) is 0 Å². The number of halogens is 7. The van der Waals surface area contributed by atoms with Gasteiger partial charge in [-0.2, -0.15) is 13.2 Å². The monoisotopic (exact) mass is 1540 g/mol. The largest absolute Gasteiger partial charge is 0.417 e. The highest BCUT2D eigenvalue weighted by Crippen LogP contribution is 2.42. The Morgan fingerprint density at radius 3 is 0.991 bits per heavy atom. The molecule has 4 aliphatic heterocycles. The summed E-state index contributed by atoms with van der Waals surface area (Å²) in [4.78, 5) is 77.0. The molecule has 24 heteroatoms. The summed E-state index contributed by atoms with van der Waals surface area (Å²) in [5, 5.41) is 11.2. The van der Waals surface area contributed by atoms with Crippen LogP contribution in [0.2, 0.25) is 0 Å². The van der Waals surface area contributed by atoms with Crippen molar-refractivity contribution in [2.45, 2.75) is 141 Å². The van der Waals surface area contributed by atoms with Crippen molar-refractivity contribution in [3.8, 4) is 11.1 Å². The van der Waals surface area contributed by atoms with E-state index in [0.717, 1.165) is 75.4 Å². The normalized spacial score (nSPS) is 16.1. The first-order valence-corrected chi connectivity index (χ1v) is 38.4. The van der Waals surface area contributed by atoms with Crippen molar-refractivity contribution in [2.24, 2.45) is 0 Å². The molecule has 8 amide bonds. The highest BCUT2D eigenvalue weighted by atomic mass is 19.4. The standard InChI is InChI=1S/C25H26FN3O.C24H24FN3O.C22H28FN3O.C18H18F4N4O/c1-19-6-5-15-27-23(19)25(26)13-16-29(17-14-25)24(30)28-22-11-9-21(10-12-22)18-20-7-3-2-4-8-20;1-18-6-5-15-26-22(18)24(25)13-16-28(17-14-24)23(29)27-21-11-9-20(10-12-21)19-7-3-2-4-8-19;1-3-4-7-18-8-10-19(11-9-18)25-21(27)26-15-12-22(23,13-16-26)20-17(2)6-5-14-24-20;1-12-3-2-8-23-15(12)17(19)6-9-26(10-7-17)16(27)25-14-5-4-13(11-24-14)18(20,21)22/h2-12,15H,13-14,16-18H2,1H3,(H,28,30);2-12,15H,13-14,16-17H2,1H3,(H,27,29);5-6,8-11,14H,3-4,7,12-13,15-16H2,1-2H3,(H,25,27);2-5,8,11H,6-7,9-10H2,1H3,(H,24,25,27). The summed E-state index contributed by atoms with van der Waals surface area (Å²) in [6.45, 7) is 12.2. The minimum atomic E-state index is -4.49. The number of hydrogen-bond donors (Lipinski definition) is 4. The predicted molar refractivity (Wildman–Crippen MR) is 428 cm³/mol. The van der Waals surface area contributed by atoms with Crippen molar-refractivity contribution in [1.29, 1.82) is 0 Å². The van der Waals surface area contributed by atoms with Crippen LogP contribution in [0.15, 0.2) is 225 Å². The first-order chi connectivity index (χ1) is 54.3. The Kier molecular flexibility index (Phi) is 27.4. The zero-order valence-electron chi connectivity index (χ0n) is 64.3. The molecule has 5 aromatic carbocycles. The number of pyridine rings is 5. The van der Waals surface area contributed by atoms with Crippen LogP contribution in [0, 0.1) is 27.7 Å². The van der Waals surface area contributed by atoms with Gasteiger partial charge in [-0.1, -0.05) is 135 Å². The maximum Gasteiger partial charge on any atom is 0.417 e. The van der Waals surface area contributed by atoms with Crippen LogP contribution >= 0.6 is 0 Å². The number of unbranched alkanes of at least 4 members (excludes halogenated alkanes) is 1. The molecule has 17 nitrogen and oxygen atoms in total. The number of benzene rings is 5. The molecule has 0 saturated carbocycles. The molecular formula is C89H96F7N13O4. The molecule has 4 fully saturated rings. The summed E-state index contributed by atoms with van der Waals surface area (Å²) in [6.07, 6.45) is 8.60. The minimum absolute atomic E-state index is 0.00524. The SMILES string of the molecule is CCCCc1ccc(NC(=O)N2CCC(F)(c3ncccc3C)CC2)cc1.Cc1cccnc1C1(F)CCN(C(=O)Nc2ccc(-c3ccccc3)cc2)CC1.Cc1cccnc1C1(F)CCN(C(=O)Nc2ccc(C(F)(F)F)cn2)CC1.Cc1cccnc1C1(F)CCN(C(=O)Nc2ccc(Cc3ccccc3)cc2)CC1. The molecule has 4 N–H and O–H groups in total. The lowest BCUT2D eigenvalue weighted by molar-refractivity contribution is -0.137. The molecule has 0 atom stereocenters. The fourth-order valence-corrected chi connectivity index (χ4v) is 14.5. The van der Waals surface area contributed by atoms with Crippen LogP contribution in [-0.4, -0.2) is 121 Å². The number of alkyl halides is 7. The van der Waals surface area contributed by atoms with Gasteiger partial charge in [-0.3, -0.25) is 25.3 Å². The number of carbonyl (C=O) groups is 4. The topological polar surface area (TPSA) is 194 Å².